The first-order chi connectivity index (χ1) is 14.6. The van der Waals surface area contributed by atoms with Gasteiger partial charge < -0.3 is 4.90 Å². The molecule has 0 saturated carbocycles. The van der Waals surface area contributed by atoms with Crippen LogP contribution in [0.25, 0.3) is 11.1 Å². The fourth-order valence-corrected chi connectivity index (χ4v) is 4.18. The standard InChI is InChI=1S/C28H42ClN/c1-4-6-8-10-21-30(22-11-9-7-5-2)23-20-24(3)25-12-14-26(15-13-25)27-16-18-28(29)19-17-27/h12-19,24H,4-11,20-23H2,1-3H3. The first-order valence-corrected chi connectivity index (χ1v) is 12.6. The average molecular weight is 428 g/mol. The van der Waals surface area contributed by atoms with E-state index in [1.807, 2.05) is 12.1 Å². The lowest BCUT2D eigenvalue weighted by atomic mass is 9.95. The van der Waals surface area contributed by atoms with Gasteiger partial charge in [0.2, 0.25) is 0 Å². The van der Waals surface area contributed by atoms with Crippen molar-refractivity contribution < 1.29 is 0 Å². The summed E-state index contributed by atoms with van der Waals surface area (Å²) in [7, 11) is 0. The summed E-state index contributed by atoms with van der Waals surface area (Å²) in [6, 6.07) is 17.2. The van der Waals surface area contributed by atoms with Gasteiger partial charge in [0.05, 0.1) is 0 Å². The Morgan fingerprint density at radius 3 is 1.67 bits per heavy atom. The molecule has 0 aliphatic carbocycles. The van der Waals surface area contributed by atoms with Crippen LogP contribution in [0.5, 0.6) is 0 Å². The van der Waals surface area contributed by atoms with E-state index in [-0.39, 0.29) is 0 Å². The third-order valence-electron chi connectivity index (χ3n) is 6.19. The minimum absolute atomic E-state index is 0.595. The van der Waals surface area contributed by atoms with E-state index in [1.54, 1.807) is 0 Å². The van der Waals surface area contributed by atoms with Crippen molar-refractivity contribution in [2.45, 2.75) is 84.5 Å². The van der Waals surface area contributed by atoms with Crippen molar-refractivity contribution in [3.63, 3.8) is 0 Å². The van der Waals surface area contributed by atoms with Crippen molar-refractivity contribution in [2.24, 2.45) is 0 Å². The average Bonchev–Trinajstić information content (AvgIpc) is 2.77. The summed E-state index contributed by atoms with van der Waals surface area (Å²) >= 11 is 6.02. The quantitative estimate of drug-likeness (QED) is 0.256. The van der Waals surface area contributed by atoms with Crippen LogP contribution >= 0.6 is 11.6 Å². The van der Waals surface area contributed by atoms with Crippen LogP contribution in [0.15, 0.2) is 48.5 Å². The molecule has 0 aliphatic heterocycles. The van der Waals surface area contributed by atoms with Crippen LogP contribution < -0.4 is 0 Å². The number of benzene rings is 2. The first-order valence-electron chi connectivity index (χ1n) is 12.2. The fourth-order valence-electron chi connectivity index (χ4n) is 4.05. The number of hydrogen-bond acceptors (Lipinski definition) is 1. The molecule has 1 nitrogen and oxygen atoms in total. The summed E-state index contributed by atoms with van der Waals surface area (Å²) in [6.07, 6.45) is 12.1. The topological polar surface area (TPSA) is 3.24 Å². The van der Waals surface area contributed by atoms with Crippen LogP contribution in [0.4, 0.5) is 0 Å². The predicted octanol–water partition coefficient (Wildman–Crippen LogP) is 8.96. The molecule has 2 aromatic carbocycles. The number of halogens is 1. The molecule has 2 aromatic rings. The zero-order valence-electron chi connectivity index (χ0n) is 19.5. The van der Waals surface area contributed by atoms with Gasteiger partial charge in [0.1, 0.15) is 0 Å². The van der Waals surface area contributed by atoms with Crippen LogP contribution in [0.2, 0.25) is 5.02 Å². The number of nitrogens with zero attached hydrogens (tertiary/aromatic N) is 1. The van der Waals surface area contributed by atoms with Crippen LogP contribution in [0.3, 0.4) is 0 Å². The Morgan fingerprint density at radius 1 is 0.667 bits per heavy atom. The SMILES string of the molecule is CCCCCCN(CCCCCC)CCC(C)c1ccc(-c2ccc(Cl)cc2)cc1. The molecule has 0 spiro atoms. The highest BCUT2D eigenvalue weighted by molar-refractivity contribution is 6.30. The van der Waals surface area contributed by atoms with Crippen molar-refractivity contribution in [1.29, 1.82) is 0 Å². The highest BCUT2D eigenvalue weighted by atomic mass is 35.5. The molecule has 0 aromatic heterocycles. The largest absolute Gasteiger partial charge is 0.303 e. The van der Waals surface area contributed by atoms with Crippen LogP contribution in [-0.2, 0) is 0 Å². The summed E-state index contributed by atoms with van der Waals surface area (Å²) in [5.74, 6) is 0.595. The Bertz CT molecular complexity index is 665. The molecular formula is C28H42ClN. The van der Waals surface area contributed by atoms with E-state index in [0.29, 0.717) is 5.92 Å². The van der Waals surface area contributed by atoms with Gasteiger partial charge in [-0.25, -0.2) is 0 Å². The van der Waals surface area contributed by atoms with Gasteiger partial charge in [0.25, 0.3) is 0 Å². The maximum absolute atomic E-state index is 6.02. The zero-order valence-corrected chi connectivity index (χ0v) is 20.3. The molecule has 30 heavy (non-hydrogen) atoms. The third-order valence-corrected chi connectivity index (χ3v) is 6.44. The summed E-state index contributed by atoms with van der Waals surface area (Å²) in [5, 5.41) is 0.790. The van der Waals surface area contributed by atoms with Gasteiger partial charge >= 0.3 is 0 Å². The monoisotopic (exact) mass is 427 g/mol. The van der Waals surface area contributed by atoms with Gasteiger partial charge in [-0.1, -0.05) is 107 Å². The summed E-state index contributed by atoms with van der Waals surface area (Å²) in [6.45, 7) is 10.7. The maximum atomic E-state index is 6.02. The van der Waals surface area contributed by atoms with Crippen LogP contribution in [0, 0.1) is 0 Å². The van der Waals surface area contributed by atoms with E-state index in [0.717, 1.165) is 5.02 Å². The summed E-state index contributed by atoms with van der Waals surface area (Å²) in [4.78, 5) is 2.73. The summed E-state index contributed by atoms with van der Waals surface area (Å²) < 4.78 is 0. The zero-order chi connectivity index (χ0) is 21.6. The van der Waals surface area contributed by atoms with Crippen LogP contribution in [-0.4, -0.2) is 24.5 Å². The lowest BCUT2D eigenvalue weighted by Crippen LogP contribution is -2.28. The second kappa shape index (κ2) is 14.7. The molecule has 0 radical (unpaired) electrons. The van der Waals surface area contributed by atoms with Crippen molar-refractivity contribution in [1.82, 2.24) is 4.90 Å². The minimum atomic E-state index is 0.595. The molecule has 2 heteroatoms. The normalized spacial score (nSPS) is 12.4. The number of unbranched alkanes of at least 4 members (excludes halogenated alkanes) is 6. The molecule has 0 N–H and O–H groups in total. The van der Waals surface area contributed by atoms with Crippen molar-refractivity contribution in [3.8, 4) is 11.1 Å². The third kappa shape index (κ3) is 9.23. The van der Waals surface area contributed by atoms with Crippen molar-refractivity contribution in [3.05, 3.63) is 59.1 Å². The van der Waals surface area contributed by atoms with Gasteiger partial charge in [-0.3, -0.25) is 0 Å². The van der Waals surface area contributed by atoms with Crippen molar-refractivity contribution in [2.75, 3.05) is 19.6 Å². The van der Waals surface area contributed by atoms with E-state index < -0.39 is 0 Å². The Hall–Kier alpha value is -1.31. The van der Waals surface area contributed by atoms with Gasteiger partial charge in [-0.2, -0.15) is 0 Å². The lowest BCUT2D eigenvalue weighted by Gasteiger charge is -2.24. The van der Waals surface area contributed by atoms with E-state index in [2.05, 4.69) is 62.1 Å². The molecule has 0 aliphatic rings. The Kier molecular flexibility index (Phi) is 12.2. The molecule has 0 amide bonds. The molecule has 0 fully saturated rings. The predicted molar refractivity (Wildman–Crippen MR) is 135 cm³/mol. The smallest absolute Gasteiger partial charge is 0.0406 e. The molecular weight excluding hydrogens is 386 g/mol. The van der Waals surface area contributed by atoms with E-state index in [1.165, 1.54) is 94.1 Å². The highest BCUT2D eigenvalue weighted by Gasteiger charge is 2.10. The maximum Gasteiger partial charge on any atom is 0.0406 e. The molecule has 1 unspecified atom stereocenters. The molecule has 0 bridgehead atoms. The fraction of sp³-hybridized carbons (Fsp3) is 0.571. The second-order valence-corrected chi connectivity index (χ2v) is 9.22. The Balaban J connectivity index is 1.85. The number of hydrogen-bond donors (Lipinski definition) is 0. The molecule has 0 heterocycles. The Labute approximate surface area is 190 Å². The first kappa shape index (κ1) is 25.0. The molecule has 0 saturated heterocycles. The number of rotatable bonds is 15. The van der Waals surface area contributed by atoms with Gasteiger partial charge in [-0.05, 0) is 73.6 Å². The minimum Gasteiger partial charge on any atom is -0.303 e. The van der Waals surface area contributed by atoms with Gasteiger partial charge in [0, 0.05) is 5.02 Å². The van der Waals surface area contributed by atoms with Crippen LogP contribution in [0.1, 0.15) is 90.0 Å². The van der Waals surface area contributed by atoms with Gasteiger partial charge in [-0.15, -0.1) is 0 Å². The Morgan fingerprint density at radius 2 is 1.17 bits per heavy atom. The summed E-state index contributed by atoms with van der Waals surface area (Å²) in [5.41, 5.74) is 3.93. The molecule has 1 atom stereocenters. The highest BCUT2D eigenvalue weighted by Crippen LogP contribution is 2.25. The lowest BCUT2D eigenvalue weighted by molar-refractivity contribution is 0.252. The van der Waals surface area contributed by atoms with E-state index >= 15 is 0 Å². The molecule has 166 valence electrons. The van der Waals surface area contributed by atoms with E-state index in [9.17, 15) is 0 Å². The van der Waals surface area contributed by atoms with Gasteiger partial charge in [0.15, 0.2) is 0 Å². The second-order valence-electron chi connectivity index (χ2n) is 8.78. The van der Waals surface area contributed by atoms with E-state index in [4.69, 9.17) is 11.6 Å². The molecule has 2 rings (SSSR count). The van der Waals surface area contributed by atoms with Crippen molar-refractivity contribution >= 4 is 11.6 Å².